The molecule has 0 spiro atoms. The summed E-state index contributed by atoms with van der Waals surface area (Å²) in [7, 11) is 0. The SMILES string of the molecule is N#CCCN(C(=O)COC(=O)c1cc2ccccc2s1)c1ccccc1F. The van der Waals surface area contributed by atoms with Crippen molar-refractivity contribution in [2.45, 2.75) is 6.42 Å². The molecule has 5 nitrogen and oxygen atoms in total. The molecule has 3 rings (SSSR count). The van der Waals surface area contributed by atoms with Gasteiger partial charge in [0.05, 0.1) is 18.2 Å². The second-order valence-electron chi connectivity index (χ2n) is 5.63. The minimum Gasteiger partial charge on any atom is -0.451 e. The Kier molecular flexibility index (Phi) is 5.79. The molecule has 0 bridgehead atoms. The number of rotatable bonds is 6. The summed E-state index contributed by atoms with van der Waals surface area (Å²) in [5.41, 5.74) is 0.0515. The Hall–Kier alpha value is -3.24. The molecule has 7 heteroatoms. The predicted molar refractivity (Wildman–Crippen MR) is 101 cm³/mol. The molecular formula is C20H15FN2O3S. The highest BCUT2D eigenvalue weighted by Gasteiger charge is 2.21. The number of nitrogens with zero attached hydrogens (tertiary/aromatic N) is 2. The van der Waals surface area contributed by atoms with Gasteiger partial charge >= 0.3 is 5.97 Å². The molecule has 1 amide bonds. The van der Waals surface area contributed by atoms with Crippen LogP contribution in [0.2, 0.25) is 0 Å². The number of carbonyl (C=O) groups is 2. The third kappa shape index (κ3) is 4.30. The van der Waals surface area contributed by atoms with Crippen molar-refractivity contribution in [2.24, 2.45) is 0 Å². The first kappa shape index (κ1) is 18.5. The van der Waals surface area contributed by atoms with Crippen LogP contribution in [0.5, 0.6) is 0 Å². The molecule has 0 aliphatic carbocycles. The summed E-state index contributed by atoms with van der Waals surface area (Å²) in [5.74, 6) is -1.79. The zero-order valence-corrected chi connectivity index (χ0v) is 15.0. The zero-order chi connectivity index (χ0) is 19.2. The monoisotopic (exact) mass is 382 g/mol. The fourth-order valence-corrected chi connectivity index (χ4v) is 3.53. The Labute approximate surface area is 159 Å². The van der Waals surface area contributed by atoms with Gasteiger partial charge < -0.3 is 9.64 Å². The lowest BCUT2D eigenvalue weighted by Gasteiger charge is -2.22. The van der Waals surface area contributed by atoms with Crippen LogP contribution >= 0.6 is 11.3 Å². The van der Waals surface area contributed by atoms with Crippen molar-refractivity contribution in [1.82, 2.24) is 0 Å². The topological polar surface area (TPSA) is 70.4 Å². The average molecular weight is 382 g/mol. The summed E-state index contributed by atoms with van der Waals surface area (Å²) in [6.45, 7) is -0.524. The molecule has 1 aromatic heterocycles. The van der Waals surface area contributed by atoms with Crippen molar-refractivity contribution in [3.8, 4) is 6.07 Å². The van der Waals surface area contributed by atoms with E-state index in [4.69, 9.17) is 10.00 Å². The van der Waals surface area contributed by atoms with Gasteiger partial charge in [0.25, 0.3) is 5.91 Å². The quantitative estimate of drug-likeness (QED) is 0.601. The van der Waals surface area contributed by atoms with Gasteiger partial charge in [0.2, 0.25) is 0 Å². The average Bonchev–Trinajstić information content (AvgIpc) is 3.12. The number of thiophene rings is 1. The third-order valence-corrected chi connectivity index (χ3v) is 4.94. The van der Waals surface area contributed by atoms with E-state index in [0.29, 0.717) is 4.88 Å². The van der Waals surface area contributed by atoms with E-state index in [9.17, 15) is 14.0 Å². The van der Waals surface area contributed by atoms with Crippen LogP contribution in [0.3, 0.4) is 0 Å². The Balaban J connectivity index is 1.70. The van der Waals surface area contributed by atoms with E-state index in [2.05, 4.69) is 0 Å². The number of esters is 1. The van der Waals surface area contributed by atoms with Gasteiger partial charge in [-0.2, -0.15) is 5.26 Å². The lowest BCUT2D eigenvalue weighted by atomic mass is 10.2. The van der Waals surface area contributed by atoms with Crippen LogP contribution in [-0.4, -0.2) is 25.0 Å². The Morgan fingerprint density at radius 3 is 2.63 bits per heavy atom. The number of hydrogen-bond acceptors (Lipinski definition) is 5. The first-order valence-electron chi connectivity index (χ1n) is 8.17. The summed E-state index contributed by atoms with van der Waals surface area (Å²) >= 11 is 1.28. The molecular weight excluding hydrogens is 367 g/mol. The summed E-state index contributed by atoms with van der Waals surface area (Å²) < 4.78 is 20.1. The van der Waals surface area contributed by atoms with Gasteiger partial charge in [-0.15, -0.1) is 11.3 Å². The van der Waals surface area contributed by atoms with Gasteiger partial charge in [0.15, 0.2) is 6.61 Å². The van der Waals surface area contributed by atoms with Gasteiger partial charge in [-0.25, -0.2) is 9.18 Å². The van der Waals surface area contributed by atoms with E-state index in [0.717, 1.165) is 15.0 Å². The largest absolute Gasteiger partial charge is 0.451 e. The summed E-state index contributed by atoms with van der Waals surface area (Å²) in [6, 6.07) is 16.9. The van der Waals surface area contributed by atoms with E-state index in [-0.39, 0.29) is 18.7 Å². The van der Waals surface area contributed by atoms with Crippen LogP contribution in [-0.2, 0) is 9.53 Å². The smallest absolute Gasteiger partial charge is 0.348 e. The van der Waals surface area contributed by atoms with Crippen molar-refractivity contribution in [3.05, 3.63) is 65.3 Å². The normalized spacial score (nSPS) is 10.4. The number of benzene rings is 2. The molecule has 0 atom stereocenters. The van der Waals surface area contributed by atoms with Crippen LogP contribution < -0.4 is 4.90 Å². The lowest BCUT2D eigenvalue weighted by molar-refractivity contribution is -0.121. The van der Waals surface area contributed by atoms with Crippen LogP contribution in [0.4, 0.5) is 10.1 Å². The number of anilines is 1. The molecule has 0 unspecified atom stereocenters. The second kappa shape index (κ2) is 8.43. The van der Waals surface area contributed by atoms with Crippen LogP contribution in [0.15, 0.2) is 54.6 Å². The molecule has 0 N–H and O–H groups in total. The van der Waals surface area contributed by atoms with Crippen molar-refractivity contribution in [1.29, 1.82) is 5.26 Å². The number of hydrogen-bond donors (Lipinski definition) is 0. The number of para-hydroxylation sites is 1. The minimum absolute atomic E-state index is 0.0106. The third-order valence-electron chi connectivity index (χ3n) is 3.84. The molecule has 0 saturated heterocycles. The number of halogens is 1. The zero-order valence-electron chi connectivity index (χ0n) is 14.2. The van der Waals surface area contributed by atoms with Gasteiger partial charge in [0.1, 0.15) is 10.7 Å². The number of nitriles is 1. The maximum atomic E-state index is 14.0. The second-order valence-corrected chi connectivity index (χ2v) is 6.71. The molecule has 0 fully saturated rings. The number of carbonyl (C=O) groups excluding carboxylic acids is 2. The highest BCUT2D eigenvalue weighted by molar-refractivity contribution is 7.20. The fourth-order valence-electron chi connectivity index (χ4n) is 2.57. The first-order valence-corrected chi connectivity index (χ1v) is 8.99. The molecule has 2 aromatic carbocycles. The molecule has 1 heterocycles. The molecule has 0 aliphatic heterocycles. The van der Waals surface area contributed by atoms with E-state index >= 15 is 0 Å². The molecule has 0 aliphatic rings. The van der Waals surface area contributed by atoms with Crippen molar-refractivity contribution < 1.29 is 18.7 Å². The fraction of sp³-hybridized carbons (Fsp3) is 0.150. The van der Waals surface area contributed by atoms with Crippen LogP contribution in [0.25, 0.3) is 10.1 Å². The van der Waals surface area contributed by atoms with Crippen LogP contribution in [0, 0.1) is 17.1 Å². The predicted octanol–water partition coefficient (Wildman–Crippen LogP) is 4.14. The van der Waals surface area contributed by atoms with Crippen molar-refractivity contribution in [2.75, 3.05) is 18.1 Å². The van der Waals surface area contributed by atoms with Crippen molar-refractivity contribution >= 4 is 39.0 Å². The summed E-state index contributed by atoms with van der Waals surface area (Å²) in [6.07, 6.45) is 0.0321. The van der Waals surface area contributed by atoms with E-state index in [1.807, 2.05) is 30.3 Å². The maximum absolute atomic E-state index is 14.0. The van der Waals surface area contributed by atoms with Crippen LogP contribution in [0.1, 0.15) is 16.1 Å². The van der Waals surface area contributed by atoms with Gasteiger partial charge in [-0.3, -0.25) is 4.79 Å². The molecule has 27 heavy (non-hydrogen) atoms. The van der Waals surface area contributed by atoms with Gasteiger partial charge in [0, 0.05) is 11.2 Å². The standard InChI is InChI=1S/C20H15FN2O3S/c21-15-7-2-3-8-16(15)23(11-5-10-22)19(24)13-26-20(25)18-12-14-6-1-4-9-17(14)27-18/h1-4,6-9,12H,5,11,13H2. The Morgan fingerprint density at radius 2 is 1.89 bits per heavy atom. The lowest BCUT2D eigenvalue weighted by Crippen LogP contribution is -2.36. The highest BCUT2D eigenvalue weighted by Crippen LogP contribution is 2.26. The maximum Gasteiger partial charge on any atom is 0.348 e. The molecule has 0 saturated carbocycles. The number of fused-ring (bicyclic) bond motifs is 1. The number of ether oxygens (including phenoxy) is 1. The van der Waals surface area contributed by atoms with Crippen molar-refractivity contribution in [3.63, 3.8) is 0 Å². The van der Waals surface area contributed by atoms with E-state index in [1.165, 1.54) is 29.5 Å². The molecule has 3 aromatic rings. The van der Waals surface area contributed by atoms with E-state index < -0.39 is 24.3 Å². The Bertz CT molecular complexity index is 992. The summed E-state index contributed by atoms with van der Waals surface area (Å²) in [4.78, 5) is 26.2. The summed E-state index contributed by atoms with van der Waals surface area (Å²) in [5, 5.41) is 9.70. The highest BCUT2D eigenvalue weighted by atomic mass is 32.1. The van der Waals surface area contributed by atoms with Gasteiger partial charge in [-0.05, 0) is 29.7 Å². The number of amides is 1. The molecule has 136 valence electrons. The first-order chi connectivity index (χ1) is 13.1. The minimum atomic E-state index is -0.613. The van der Waals surface area contributed by atoms with E-state index in [1.54, 1.807) is 12.1 Å². The Morgan fingerprint density at radius 1 is 1.15 bits per heavy atom. The molecule has 0 radical (unpaired) electrons. The van der Waals surface area contributed by atoms with Gasteiger partial charge in [-0.1, -0.05) is 30.3 Å².